The molecule has 0 spiro atoms. The number of carbonyl (C=O) groups excluding carboxylic acids is 3. The molecule has 4 amide bonds. The summed E-state index contributed by atoms with van der Waals surface area (Å²) in [7, 11) is 3.36. The lowest BCUT2D eigenvalue weighted by molar-refractivity contribution is -0.130. The summed E-state index contributed by atoms with van der Waals surface area (Å²) in [6, 6.07) is -0.262. The second-order valence-corrected chi connectivity index (χ2v) is 6.00. The molecule has 0 radical (unpaired) electrons. The summed E-state index contributed by atoms with van der Waals surface area (Å²) in [5.74, 6) is -0.438. The Bertz CT molecular complexity index is 392. The van der Waals surface area contributed by atoms with Crippen LogP contribution >= 0.6 is 0 Å². The van der Waals surface area contributed by atoms with Crippen molar-refractivity contribution in [3.05, 3.63) is 0 Å². The van der Waals surface area contributed by atoms with E-state index in [1.807, 2.05) is 6.92 Å². The zero-order chi connectivity index (χ0) is 16.5. The van der Waals surface area contributed by atoms with Crippen molar-refractivity contribution in [1.82, 2.24) is 20.4 Å². The number of nitrogens with one attached hydrogen (secondary N) is 2. The minimum atomic E-state index is -0.438. The summed E-state index contributed by atoms with van der Waals surface area (Å²) in [4.78, 5) is 38.6. The molecule has 0 saturated heterocycles. The first-order valence-corrected chi connectivity index (χ1v) is 7.95. The van der Waals surface area contributed by atoms with Gasteiger partial charge in [-0.1, -0.05) is 19.8 Å². The highest BCUT2D eigenvalue weighted by atomic mass is 16.2. The minimum Gasteiger partial charge on any atom is -0.348 e. The van der Waals surface area contributed by atoms with Gasteiger partial charge in [-0.05, 0) is 25.8 Å². The van der Waals surface area contributed by atoms with Gasteiger partial charge in [-0.15, -0.1) is 0 Å². The molecule has 0 aromatic heterocycles. The molecule has 0 aliphatic heterocycles. The first-order valence-electron chi connectivity index (χ1n) is 7.95. The SMILES string of the molecule is CCCN(CC(=O)NC(=O)NC1CCCC1)CC(=O)N(C)C. The van der Waals surface area contributed by atoms with Crippen LogP contribution in [0.4, 0.5) is 4.79 Å². The summed E-state index contributed by atoms with van der Waals surface area (Å²) in [5.41, 5.74) is 0. The summed E-state index contributed by atoms with van der Waals surface area (Å²) < 4.78 is 0. The van der Waals surface area contributed by atoms with Crippen molar-refractivity contribution in [3.8, 4) is 0 Å². The third kappa shape index (κ3) is 6.89. The zero-order valence-electron chi connectivity index (χ0n) is 13.9. The van der Waals surface area contributed by atoms with Crippen LogP contribution in [0.25, 0.3) is 0 Å². The molecule has 126 valence electrons. The van der Waals surface area contributed by atoms with Crippen LogP contribution in [0.1, 0.15) is 39.0 Å². The number of imide groups is 1. The normalized spacial score (nSPS) is 14.9. The number of likely N-dealkylation sites (N-methyl/N-ethyl adjacent to an activating group) is 1. The molecule has 1 saturated carbocycles. The summed E-state index contributed by atoms with van der Waals surface area (Å²) in [5, 5.41) is 5.15. The second-order valence-electron chi connectivity index (χ2n) is 6.00. The summed E-state index contributed by atoms with van der Waals surface area (Å²) in [6.07, 6.45) is 5.02. The first kappa shape index (κ1) is 18.4. The number of rotatable bonds is 7. The van der Waals surface area contributed by atoms with E-state index >= 15 is 0 Å². The van der Waals surface area contributed by atoms with Crippen LogP contribution in [0.3, 0.4) is 0 Å². The number of nitrogens with zero attached hydrogens (tertiary/aromatic N) is 2. The van der Waals surface area contributed by atoms with Gasteiger partial charge in [0.05, 0.1) is 13.1 Å². The Balaban J connectivity index is 2.38. The molecule has 1 rings (SSSR count). The number of amides is 4. The average molecular weight is 312 g/mol. The fourth-order valence-corrected chi connectivity index (χ4v) is 2.52. The van der Waals surface area contributed by atoms with Crippen LogP contribution in [0, 0.1) is 0 Å². The molecule has 0 bridgehead atoms. The van der Waals surface area contributed by atoms with Gasteiger partial charge in [0.15, 0.2) is 0 Å². The fraction of sp³-hybridized carbons (Fsp3) is 0.800. The molecule has 0 unspecified atom stereocenters. The zero-order valence-corrected chi connectivity index (χ0v) is 13.9. The van der Waals surface area contributed by atoms with Crippen LogP contribution in [-0.2, 0) is 9.59 Å². The molecule has 0 atom stereocenters. The van der Waals surface area contributed by atoms with Gasteiger partial charge in [-0.3, -0.25) is 19.8 Å². The maximum absolute atomic E-state index is 11.9. The molecule has 7 nitrogen and oxygen atoms in total. The molecule has 2 N–H and O–H groups in total. The minimum absolute atomic E-state index is 0.0471. The second kappa shape index (κ2) is 9.40. The molecule has 7 heteroatoms. The topological polar surface area (TPSA) is 81.8 Å². The maximum Gasteiger partial charge on any atom is 0.321 e. The van der Waals surface area contributed by atoms with Crippen molar-refractivity contribution in [2.24, 2.45) is 0 Å². The van der Waals surface area contributed by atoms with Gasteiger partial charge in [0.25, 0.3) is 0 Å². The third-order valence-corrected chi connectivity index (χ3v) is 3.71. The van der Waals surface area contributed by atoms with Gasteiger partial charge in [0.2, 0.25) is 11.8 Å². The van der Waals surface area contributed by atoms with Crippen LogP contribution in [0.2, 0.25) is 0 Å². The molecular weight excluding hydrogens is 284 g/mol. The Hall–Kier alpha value is -1.63. The molecule has 1 aliphatic carbocycles. The first-order chi connectivity index (χ1) is 10.4. The van der Waals surface area contributed by atoms with Crippen molar-refractivity contribution in [3.63, 3.8) is 0 Å². The molecular formula is C15H28N4O3. The van der Waals surface area contributed by atoms with E-state index in [2.05, 4.69) is 10.6 Å². The van der Waals surface area contributed by atoms with E-state index in [4.69, 9.17) is 0 Å². The number of hydrogen-bond acceptors (Lipinski definition) is 4. The van der Waals surface area contributed by atoms with Gasteiger partial charge < -0.3 is 10.2 Å². The quantitative estimate of drug-likeness (QED) is 0.719. The predicted octanol–water partition coefficient (Wildman–Crippen LogP) is 0.555. The smallest absolute Gasteiger partial charge is 0.321 e. The van der Waals surface area contributed by atoms with Crippen LogP contribution in [0.5, 0.6) is 0 Å². The van der Waals surface area contributed by atoms with Gasteiger partial charge in [0.1, 0.15) is 0 Å². The Morgan fingerprint density at radius 2 is 1.73 bits per heavy atom. The highest BCUT2D eigenvalue weighted by molar-refractivity contribution is 5.95. The van der Waals surface area contributed by atoms with Gasteiger partial charge >= 0.3 is 6.03 Å². The van der Waals surface area contributed by atoms with E-state index in [-0.39, 0.29) is 30.9 Å². The van der Waals surface area contributed by atoms with E-state index < -0.39 is 6.03 Å². The summed E-state index contributed by atoms with van der Waals surface area (Å²) >= 11 is 0. The van der Waals surface area contributed by atoms with Crippen LogP contribution in [0.15, 0.2) is 0 Å². The number of urea groups is 1. The Morgan fingerprint density at radius 1 is 1.09 bits per heavy atom. The number of hydrogen-bond donors (Lipinski definition) is 2. The van der Waals surface area contributed by atoms with E-state index in [0.29, 0.717) is 6.54 Å². The van der Waals surface area contributed by atoms with E-state index in [9.17, 15) is 14.4 Å². The highest BCUT2D eigenvalue weighted by Crippen LogP contribution is 2.17. The van der Waals surface area contributed by atoms with Crippen molar-refractivity contribution in [2.75, 3.05) is 33.7 Å². The lowest BCUT2D eigenvalue weighted by Crippen LogP contribution is -2.48. The maximum atomic E-state index is 11.9. The van der Waals surface area contributed by atoms with E-state index in [1.54, 1.807) is 19.0 Å². The van der Waals surface area contributed by atoms with Crippen LogP contribution in [-0.4, -0.2) is 67.4 Å². The standard InChI is InChI=1S/C15H28N4O3/c1-4-9-19(11-14(21)18(2)3)10-13(20)17-15(22)16-12-7-5-6-8-12/h12H,4-11H2,1-3H3,(H2,16,17,20,22). The Kier molecular flexibility index (Phi) is 7.87. The monoisotopic (exact) mass is 312 g/mol. The van der Waals surface area contributed by atoms with E-state index in [0.717, 1.165) is 32.1 Å². The van der Waals surface area contributed by atoms with Gasteiger partial charge in [0, 0.05) is 20.1 Å². The fourth-order valence-electron chi connectivity index (χ4n) is 2.52. The largest absolute Gasteiger partial charge is 0.348 e. The van der Waals surface area contributed by atoms with Crippen LogP contribution < -0.4 is 10.6 Å². The molecule has 0 heterocycles. The lowest BCUT2D eigenvalue weighted by Gasteiger charge is -2.22. The van der Waals surface area contributed by atoms with E-state index in [1.165, 1.54) is 4.90 Å². The molecule has 1 fully saturated rings. The average Bonchev–Trinajstić information content (AvgIpc) is 2.90. The predicted molar refractivity (Wildman–Crippen MR) is 84.4 cm³/mol. The van der Waals surface area contributed by atoms with Gasteiger partial charge in [-0.2, -0.15) is 0 Å². The highest BCUT2D eigenvalue weighted by Gasteiger charge is 2.20. The van der Waals surface area contributed by atoms with Crippen molar-refractivity contribution >= 4 is 17.8 Å². The van der Waals surface area contributed by atoms with Gasteiger partial charge in [-0.25, -0.2) is 4.79 Å². The summed E-state index contributed by atoms with van der Waals surface area (Å²) in [6.45, 7) is 2.85. The van der Waals surface area contributed by atoms with Crippen molar-refractivity contribution in [2.45, 2.75) is 45.1 Å². The molecule has 1 aliphatic rings. The molecule has 22 heavy (non-hydrogen) atoms. The third-order valence-electron chi connectivity index (χ3n) is 3.71. The molecule has 0 aromatic rings. The Morgan fingerprint density at radius 3 is 2.27 bits per heavy atom. The number of carbonyl (C=O) groups is 3. The van der Waals surface area contributed by atoms with Crippen molar-refractivity contribution < 1.29 is 14.4 Å². The lowest BCUT2D eigenvalue weighted by atomic mass is 10.2. The van der Waals surface area contributed by atoms with Crippen molar-refractivity contribution in [1.29, 1.82) is 0 Å². The Labute approximate surface area is 132 Å². The molecule has 0 aromatic carbocycles.